The average Bonchev–Trinajstić information content (AvgIpc) is 2.60. The summed E-state index contributed by atoms with van der Waals surface area (Å²) < 4.78 is 129. The van der Waals surface area contributed by atoms with E-state index in [2.05, 4.69) is 4.74 Å². The Morgan fingerprint density at radius 3 is 1.76 bits per heavy atom. The number of ether oxygens (including phenoxy) is 2. The molecule has 2 nitrogen and oxygen atoms in total. The summed E-state index contributed by atoms with van der Waals surface area (Å²) in [7, 11) is 0. The van der Waals surface area contributed by atoms with Crippen molar-refractivity contribution in [2.75, 3.05) is 6.61 Å². The number of halogens is 9. The molecule has 0 unspecified atom stereocenters. The van der Waals surface area contributed by atoms with E-state index in [1.54, 1.807) is 0 Å². The van der Waals surface area contributed by atoms with E-state index in [-0.39, 0.29) is 31.4 Å². The Labute approximate surface area is 160 Å². The van der Waals surface area contributed by atoms with Crippen molar-refractivity contribution in [1.29, 1.82) is 0 Å². The third-order valence-electron chi connectivity index (χ3n) is 6.04. The zero-order valence-corrected chi connectivity index (χ0v) is 15.1. The molecule has 1 aromatic carbocycles. The van der Waals surface area contributed by atoms with E-state index in [4.69, 9.17) is 4.74 Å². The third kappa shape index (κ3) is 3.20. The maximum Gasteiger partial charge on any atom is 0.499 e. The SMILES string of the molecule is CC12CCC(COc3ccc(OC(F)(F)C(F)(F)F)cc3)(CC1)C(F)(F)C2(F)F. The van der Waals surface area contributed by atoms with Crippen molar-refractivity contribution < 1.29 is 49.0 Å². The van der Waals surface area contributed by atoms with E-state index in [0.717, 1.165) is 31.2 Å². The van der Waals surface area contributed by atoms with Gasteiger partial charge in [-0.15, -0.1) is 0 Å². The van der Waals surface area contributed by atoms with Crippen LogP contribution in [0.25, 0.3) is 0 Å². The molecule has 0 atom stereocenters. The minimum atomic E-state index is -5.92. The summed E-state index contributed by atoms with van der Waals surface area (Å²) in [5.74, 6) is -9.50. The second-order valence-electron chi connectivity index (χ2n) is 7.87. The molecule has 0 saturated heterocycles. The molecule has 11 heteroatoms. The first-order valence-corrected chi connectivity index (χ1v) is 8.69. The second kappa shape index (κ2) is 6.34. The first-order valence-electron chi connectivity index (χ1n) is 8.69. The summed E-state index contributed by atoms with van der Waals surface area (Å²) in [5.41, 5.74) is -3.88. The Balaban J connectivity index is 1.71. The van der Waals surface area contributed by atoms with Gasteiger partial charge in [-0.1, -0.05) is 6.92 Å². The van der Waals surface area contributed by atoms with E-state index < -0.39 is 47.3 Å². The zero-order valence-electron chi connectivity index (χ0n) is 15.1. The van der Waals surface area contributed by atoms with Gasteiger partial charge < -0.3 is 9.47 Å². The quantitative estimate of drug-likeness (QED) is 0.494. The van der Waals surface area contributed by atoms with E-state index in [1.165, 1.54) is 0 Å². The van der Waals surface area contributed by atoms with Gasteiger partial charge in [-0.2, -0.15) is 39.5 Å². The molecule has 29 heavy (non-hydrogen) atoms. The van der Waals surface area contributed by atoms with Crippen LogP contribution in [-0.4, -0.2) is 30.7 Å². The molecule has 0 radical (unpaired) electrons. The van der Waals surface area contributed by atoms with Gasteiger partial charge in [0.15, 0.2) is 0 Å². The number of benzene rings is 1. The standard InChI is InChI=1S/C18H17F9O2/c1-13-6-8-14(9-7-13,16(21,22)15(13,19)20)10-28-11-2-4-12(5-3-11)29-18(26,27)17(23,24)25/h2-5H,6-10H2,1H3. The molecular weight excluding hydrogens is 419 g/mol. The van der Waals surface area contributed by atoms with Crippen LogP contribution < -0.4 is 9.47 Å². The van der Waals surface area contributed by atoms with Gasteiger partial charge >= 0.3 is 24.1 Å². The van der Waals surface area contributed by atoms with E-state index in [9.17, 15) is 39.5 Å². The van der Waals surface area contributed by atoms with Gasteiger partial charge in [0.05, 0.1) is 12.0 Å². The van der Waals surface area contributed by atoms with Crippen LogP contribution in [0.15, 0.2) is 24.3 Å². The predicted molar refractivity (Wildman–Crippen MR) is 82.5 cm³/mol. The minimum absolute atomic E-state index is 0.0990. The number of fused-ring (bicyclic) bond motifs is 3. The third-order valence-corrected chi connectivity index (χ3v) is 6.04. The number of hydrogen-bond acceptors (Lipinski definition) is 2. The zero-order chi connectivity index (χ0) is 21.9. The summed E-state index contributed by atoms with van der Waals surface area (Å²) in [6.07, 6.45) is -11.9. The highest BCUT2D eigenvalue weighted by Crippen LogP contribution is 2.70. The molecule has 1 aromatic rings. The van der Waals surface area contributed by atoms with Gasteiger partial charge in [0.25, 0.3) is 0 Å². The van der Waals surface area contributed by atoms with Gasteiger partial charge in [-0.25, -0.2) is 0 Å². The van der Waals surface area contributed by atoms with Gasteiger partial charge in [0, 0.05) is 5.41 Å². The lowest BCUT2D eigenvalue weighted by Gasteiger charge is -2.59. The lowest BCUT2D eigenvalue weighted by Crippen LogP contribution is -2.70. The Hall–Kier alpha value is -1.81. The van der Waals surface area contributed by atoms with Crippen LogP contribution in [-0.2, 0) is 0 Å². The van der Waals surface area contributed by atoms with Crippen LogP contribution in [0.4, 0.5) is 39.5 Å². The van der Waals surface area contributed by atoms with Crippen molar-refractivity contribution in [3.63, 3.8) is 0 Å². The van der Waals surface area contributed by atoms with Gasteiger partial charge in [0.2, 0.25) is 0 Å². The molecule has 3 saturated carbocycles. The normalized spacial score (nSPS) is 30.8. The summed E-state index contributed by atoms with van der Waals surface area (Å²) in [6, 6.07) is 3.34. The molecule has 3 aliphatic carbocycles. The Bertz CT molecular complexity index is 748. The number of alkyl halides is 9. The lowest BCUT2D eigenvalue weighted by molar-refractivity contribution is -0.367. The molecule has 0 aliphatic heterocycles. The minimum Gasteiger partial charge on any atom is -0.493 e. The molecular formula is C18H17F9O2. The van der Waals surface area contributed by atoms with Crippen molar-refractivity contribution in [2.45, 2.75) is 56.7 Å². The fraction of sp³-hybridized carbons (Fsp3) is 0.667. The van der Waals surface area contributed by atoms with Crippen molar-refractivity contribution in [1.82, 2.24) is 0 Å². The summed E-state index contributed by atoms with van der Waals surface area (Å²) >= 11 is 0. The smallest absolute Gasteiger partial charge is 0.493 e. The van der Waals surface area contributed by atoms with Crippen LogP contribution in [0.2, 0.25) is 0 Å². The Kier molecular flexibility index (Phi) is 4.79. The summed E-state index contributed by atoms with van der Waals surface area (Å²) in [4.78, 5) is 0. The van der Waals surface area contributed by atoms with Crippen LogP contribution in [0.1, 0.15) is 32.6 Å². The number of hydrogen-bond donors (Lipinski definition) is 0. The molecule has 2 bridgehead atoms. The van der Waals surface area contributed by atoms with Crippen molar-refractivity contribution >= 4 is 0 Å². The van der Waals surface area contributed by atoms with Crippen LogP contribution in [0.3, 0.4) is 0 Å². The molecule has 3 aliphatic rings. The average molecular weight is 436 g/mol. The molecule has 0 aromatic heterocycles. The topological polar surface area (TPSA) is 18.5 Å². The Morgan fingerprint density at radius 1 is 0.793 bits per heavy atom. The van der Waals surface area contributed by atoms with Crippen LogP contribution >= 0.6 is 0 Å². The lowest BCUT2D eigenvalue weighted by atomic mass is 9.50. The van der Waals surface area contributed by atoms with E-state index >= 15 is 0 Å². The van der Waals surface area contributed by atoms with Gasteiger partial charge in [-0.05, 0) is 49.9 Å². The van der Waals surface area contributed by atoms with Gasteiger partial charge in [-0.3, -0.25) is 0 Å². The Morgan fingerprint density at radius 2 is 1.28 bits per heavy atom. The molecule has 0 amide bonds. The number of rotatable bonds is 5. The molecule has 0 heterocycles. The fourth-order valence-electron chi connectivity index (χ4n) is 3.89. The summed E-state index contributed by atoms with van der Waals surface area (Å²) in [6.45, 7) is 0.394. The molecule has 4 rings (SSSR count). The van der Waals surface area contributed by atoms with E-state index in [1.807, 2.05) is 0 Å². The molecule has 0 N–H and O–H groups in total. The first-order chi connectivity index (χ1) is 13.1. The highest BCUT2D eigenvalue weighted by Gasteiger charge is 2.80. The predicted octanol–water partition coefficient (Wildman–Crippen LogP) is 6.45. The maximum absolute atomic E-state index is 14.6. The summed E-state index contributed by atoms with van der Waals surface area (Å²) in [5, 5.41) is 0. The van der Waals surface area contributed by atoms with Crippen molar-refractivity contribution in [2.24, 2.45) is 10.8 Å². The van der Waals surface area contributed by atoms with Crippen LogP contribution in [0, 0.1) is 10.8 Å². The monoisotopic (exact) mass is 436 g/mol. The largest absolute Gasteiger partial charge is 0.499 e. The second-order valence-corrected chi connectivity index (χ2v) is 7.87. The molecule has 3 fully saturated rings. The van der Waals surface area contributed by atoms with E-state index in [0.29, 0.717) is 0 Å². The highest BCUT2D eigenvalue weighted by molar-refractivity contribution is 5.32. The van der Waals surface area contributed by atoms with Crippen LogP contribution in [0.5, 0.6) is 11.5 Å². The first kappa shape index (κ1) is 21.9. The fourth-order valence-corrected chi connectivity index (χ4v) is 3.89. The molecule has 164 valence electrons. The maximum atomic E-state index is 14.6. The van der Waals surface area contributed by atoms with Crippen molar-refractivity contribution in [3.8, 4) is 11.5 Å². The van der Waals surface area contributed by atoms with Gasteiger partial charge in [0.1, 0.15) is 11.5 Å². The highest BCUT2D eigenvalue weighted by atomic mass is 19.4. The molecule has 0 spiro atoms. The van der Waals surface area contributed by atoms with Crippen molar-refractivity contribution in [3.05, 3.63) is 24.3 Å².